The molecule has 6 nitrogen and oxygen atoms in total. The van der Waals surface area contributed by atoms with Gasteiger partial charge in [-0.1, -0.05) is 6.07 Å². The van der Waals surface area contributed by atoms with E-state index in [1.165, 1.54) is 6.07 Å². The van der Waals surface area contributed by atoms with Crippen molar-refractivity contribution in [3.8, 4) is 0 Å². The fourth-order valence-electron chi connectivity index (χ4n) is 1.60. The Morgan fingerprint density at radius 1 is 1.53 bits per heavy atom. The molecule has 0 saturated carbocycles. The van der Waals surface area contributed by atoms with Crippen LogP contribution in [0.1, 0.15) is 5.56 Å². The molecule has 0 bridgehead atoms. The Kier molecular flexibility index (Phi) is 4.86. The van der Waals surface area contributed by atoms with Crippen molar-refractivity contribution in [2.45, 2.75) is 6.54 Å². The Morgan fingerprint density at radius 3 is 2.76 bits per heavy atom. The van der Waals surface area contributed by atoms with E-state index < -0.39 is 4.92 Å². The molecule has 2 N–H and O–H groups in total. The first-order chi connectivity index (χ1) is 8.08. The number of nitro groups is 1. The number of nitro benzene ring substituents is 1. The van der Waals surface area contributed by atoms with Gasteiger partial charge < -0.3 is 10.4 Å². The zero-order valence-electron chi connectivity index (χ0n) is 10.0. The lowest BCUT2D eigenvalue weighted by Gasteiger charge is -2.15. The lowest BCUT2D eigenvalue weighted by atomic mass is 10.1. The Morgan fingerprint density at radius 2 is 2.24 bits per heavy atom. The third-order valence-corrected chi connectivity index (χ3v) is 2.46. The van der Waals surface area contributed by atoms with Crippen molar-refractivity contribution in [1.29, 1.82) is 0 Å². The Hall–Kier alpha value is -1.66. The molecule has 1 aromatic carbocycles. The molecule has 0 fully saturated rings. The molecule has 0 radical (unpaired) electrons. The molecular weight excluding hydrogens is 222 g/mol. The topological polar surface area (TPSA) is 78.6 Å². The first-order valence-electron chi connectivity index (χ1n) is 5.33. The van der Waals surface area contributed by atoms with E-state index in [0.717, 1.165) is 5.56 Å². The quantitative estimate of drug-likeness (QED) is 0.573. The summed E-state index contributed by atoms with van der Waals surface area (Å²) < 4.78 is 0. The van der Waals surface area contributed by atoms with E-state index in [-0.39, 0.29) is 12.3 Å². The van der Waals surface area contributed by atoms with Crippen LogP contribution in [0, 0.1) is 10.1 Å². The van der Waals surface area contributed by atoms with Crippen LogP contribution in [-0.4, -0.2) is 42.2 Å². The molecule has 6 heteroatoms. The molecule has 94 valence electrons. The van der Waals surface area contributed by atoms with Gasteiger partial charge in [-0.2, -0.15) is 0 Å². The predicted molar refractivity (Wildman–Crippen MR) is 66.1 cm³/mol. The molecule has 0 amide bonds. The van der Waals surface area contributed by atoms with Crippen LogP contribution < -0.4 is 5.32 Å². The van der Waals surface area contributed by atoms with Crippen molar-refractivity contribution in [3.63, 3.8) is 0 Å². The van der Waals surface area contributed by atoms with Gasteiger partial charge in [-0.25, -0.2) is 0 Å². The number of hydrogen-bond donors (Lipinski definition) is 2. The van der Waals surface area contributed by atoms with E-state index in [9.17, 15) is 10.1 Å². The van der Waals surface area contributed by atoms with Crippen LogP contribution in [0.15, 0.2) is 18.2 Å². The highest BCUT2D eigenvalue weighted by Crippen LogP contribution is 2.25. The van der Waals surface area contributed by atoms with E-state index in [4.69, 9.17) is 5.11 Å². The first-order valence-corrected chi connectivity index (χ1v) is 5.33. The molecule has 0 atom stereocenters. The van der Waals surface area contributed by atoms with Gasteiger partial charge in [-0.05, 0) is 18.7 Å². The maximum Gasteiger partial charge on any atom is 0.292 e. The van der Waals surface area contributed by atoms with Gasteiger partial charge in [0.2, 0.25) is 0 Å². The van der Waals surface area contributed by atoms with Crippen LogP contribution in [0.25, 0.3) is 0 Å². The minimum atomic E-state index is -0.410. The lowest BCUT2D eigenvalue weighted by Crippen LogP contribution is -2.21. The number of benzene rings is 1. The largest absolute Gasteiger partial charge is 0.395 e. The molecule has 0 saturated heterocycles. The molecular formula is C11H17N3O3. The SMILES string of the molecule is CNc1cc(CN(C)CCO)ccc1[N+](=O)[O-]. The van der Waals surface area contributed by atoms with Crippen molar-refractivity contribution in [3.05, 3.63) is 33.9 Å². The van der Waals surface area contributed by atoms with Gasteiger partial charge in [0.05, 0.1) is 11.5 Å². The second kappa shape index (κ2) is 6.17. The maximum atomic E-state index is 10.7. The maximum absolute atomic E-state index is 10.7. The molecule has 0 aromatic heterocycles. The van der Waals surface area contributed by atoms with E-state index in [0.29, 0.717) is 18.8 Å². The molecule has 0 aliphatic heterocycles. The summed E-state index contributed by atoms with van der Waals surface area (Å²) in [5.74, 6) is 0. The van der Waals surface area contributed by atoms with Gasteiger partial charge in [-0.15, -0.1) is 0 Å². The van der Waals surface area contributed by atoms with Crippen LogP contribution in [0.4, 0.5) is 11.4 Å². The highest BCUT2D eigenvalue weighted by Gasteiger charge is 2.13. The smallest absolute Gasteiger partial charge is 0.292 e. The van der Waals surface area contributed by atoms with E-state index in [1.54, 1.807) is 19.2 Å². The molecule has 0 aliphatic rings. The number of likely N-dealkylation sites (N-methyl/N-ethyl adjacent to an activating group) is 1. The van der Waals surface area contributed by atoms with E-state index in [1.807, 2.05) is 11.9 Å². The number of rotatable bonds is 6. The highest BCUT2D eigenvalue weighted by atomic mass is 16.6. The monoisotopic (exact) mass is 239 g/mol. The number of nitrogens with zero attached hydrogens (tertiary/aromatic N) is 2. The summed E-state index contributed by atoms with van der Waals surface area (Å²) in [5, 5.41) is 22.3. The average molecular weight is 239 g/mol. The number of anilines is 1. The van der Waals surface area contributed by atoms with Crippen molar-refractivity contribution >= 4 is 11.4 Å². The van der Waals surface area contributed by atoms with Crippen LogP contribution in [0.2, 0.25) is 0 Å². The highest BCUT2D eigenvalue weighted by molar-refractivity contribution is 5.62. The molecule has 1 rings (SSSR count). The van der Waals surface area contributed by atoms with Gasteiger partial charge in [0.1, 0.15) is 5.69 Å². The zero-order valence-corrected chi connectivity index (χ0v) is 10.0. The number of nitrogens with one attached hydrogen (secondary N) is 1. The number of hydrogen-bond acceptors (Lipinski definition) is 5. The summed E-state index contributed by atoms with van der Waals surface area (Å²) in [7, 11) is 3.54. The molecule has 0 aliphatic carbocycles. The average Bonchev–Trinajstić information content (AvgIpc) is 2.28. The van der Waals surface area contributed by atoms with Gasteiger partial charge in [0.15, 0.2) is 0 Å². The molecule has 1 aromatic rings. The number of aliphatic hydroxyl groups is 1. The second-order valence-electron chi connectivity index (χ2n) is 3.82. The van der Waals surface area contributed by atoms with Crippen molar-refractivity contribution in [1.82, 2.24) is 4.90 Å². The fraction of sp³-hybridized carbons (Fsp3) is 0.455. The lowest BCUT2D eigenvalue weighted by molar-refractivity contribution is -0.384. The van der Waals surface area contributed by atoms with Crippen LogP contribution in [-0.2, 0) is 6.54 Å². The predicted octanol–water partition coefficient (Wildman–Crippen LogP) is 1.06. The van der Waals surface area contributed by atoms with Crippen molar-refractivity contribution in [2.75, 3.05) is 32.6 Å². The third-order valence-electron chi connectivity index (χ3n) is 2.46. The number of aliphatic hydroxyl groups excluding tert-OH is 1. The molecule has 0 heterocycles. The summed E-state index contributed by atoms with van der Waals surface area (Å²) in [4.78, 5) is 12.3. The summed E-state index contributed by atoms with van der Waals surface area (Å²) in [6, 6.07) is 4.98. The Labute approximate surface area is 100 Å². The van der Waals surface area contributed by atoms with Crippen molar-refractivity contribution < 1.29 is 10.0 Å². The first kappa shape index (κ1) is 13.4. The van der Waals surface area contributed by atoms with Crippen LogP contribution in [0.3, 0.4) is 0 Å². The van der Waals surface area contributed by atoms with Gasteiger partial charge in [-0.3, -0.25) is 15.0 Å². The minimum absolute atomic E-state index is 0.0704. The van der Waals surface area contributed by atoms with Crippen molar-refractivity contribution in [2.24, 2.45) is 0 Å². The van der Waals surface area contributed by atoms with E-state index >= 15 is 0 Å². The summed E-state index contributed by atoms with van der Waals surface area (Å²) in [6.45, 7) is 1.32. The molecule has 0 spiro atoms. The van der Waals surface area contributed by atoms with Gasteiger partial charge in [0.25, 0.3) is 5.69 Å². The van der Waals surface area contributed by atoms with Gasteiger partial charge >= 0.3 is 0 Å². The fourth-order valence-corrected chi connectivity index (χ4v) is 1.60. The normalized spacial score (nSPS) is 10.6. The Bertz CT molecular complexity index is 396. The van der Waals surface area contributed by atoms with Crippen LogP contribution in [0.5, 0.6) is 0 Å². The summed E-state index contributed by atoms with van der Waals surface area (Å²) >= 11 is 0. The summed E-state index contributed by atoms with van der Waals surface area (Å²) in [5.41, 5.74) is 1.54. The standard InChI is InChI=1S/C11H17N3O3/c1-12-10-7-9(8-13(2)5-6-15)3-4-11(10)14(16)17/h3-4,7,12,15H,5-6,8H2,1-2H3. The van der Waals surface area contributed by atoms with E-state index in [2.05, 4.69) is 5.32 Å². The van der Waals surface area contributed by atoms with Gasteiger partial charge in [0, 0.05) is 26.2 Å². The zero-order chi connectivity index (χ0) is 12.8. The summed E-state index contributed by atoms with van der Waals surface area (Å²) in [6.07, 6.45) is 0. The third kappa shape index (κ3) is 3.69. The second-order valence-corrected chi connectivity index (χ2v) is 3.82. The molecule has 0 unspecified atom stereocenters. The minimum Gasteiger partial charge on any atom is -0.395 e. The Balaban J connectivity index is 2.86. The van der Waals surface area contributed by atoms with Crippen LogP contribution >= 0.6 is 0 Å². The molecule has 17 heavy (non-hydrogen) atoms.